The first-order valence-electron chi connectivity index (χ1n) is 6.94. The molecule has 0 aliphatic heterocycles. The molecule has 2 aromatic carbocycles. The predicted octanol–water partition coefficient (Wildman–Crippen LogP) is 3.25. The molecule has 0 unspecified atom stereocenters. The van der Waals surface area contributed by atoms with Gasteiger partial charge in [-0.15, -0.1) is 0 Å². The van der Waals surface area contributed by atoms with Crippen LogP contribution in [0.2, 0.25) is 0 Å². The van der Waals surface area contributed by atoms with Crippen molar-refractivity contribution in [1.82, 2.24) is 5.32 Å². The van der Waals surface area contributed by atoms with Crippen molar-refractivity contribution in [1.29, 1.82) is 0 Å². The van der Waals surface area contributed by atoms with Crippen molar-refractivity contribution in [3.63, 3.8) is 0 Å². The number of rotatable bonds is 5. The monoisotopic (exact) mass is 253 g/mol. The maximum Gasteiger partial charge on any atom is 0.123 e. The van der Waals surface area contributed by atoms with Crippen molar-refractivity contribution in [3.8, 4) is 16.9 Å². The van der Waals surface area contributed by atoms with E-state index in [4.69, 9.17) is 4.74 Å². The number of hydrogen-bond donors (Lipinski definition) is 1. The highest BCUT2D eigenvalue weighted by molar-refractivity contribution is 5.78. The van der Waals surface area contributed by atoms with E-state index in [2.05, 4.69) is 54.7 Å². The SMILES string of the molecule is CCNCCOc1cccc2c1Cc1ccccc1-2. The average Bonchev–Trinajstić information content (AvgIpc) is 2.83. The van der Waals surface area contributed by atoms with Crippen LogP contribution in [-0.2, 0) is 6.42 Å². The van der Waals surface area contributed by atoms with Gasteiger partial charge in [0.25, 0.3) is 0 Å². The summed E-state index contributed by atoms with van der Waals surface area (Å²) in [5.41, 5.74) is 5.42. The number of nitrogens with one attached hydrogen (secondary N) is 1. The Kier molecular flexibility index (Phi) is 3.51. The third-order valence-corrected chi connectivity index (χ3v) is 3.59. The molecule has 0 bridgehead atoms. The minimum atomic E-state index is 0.723. The zero-order valence-corrected chi connectivity index (χ0v) is 11.3. The summed E-state index contributed by atoms with van der Waals surface area (Å²) in [5.74, 6) is 1.03. The molecule has 0 saturated carbocycles. The fourth-order valence-electron chi connectivity index (χ4n) is 2.67. The van der Waals surface area contributed by atoms with Gasteiger partial charge in [-0.05, 0) is 29.3 Å². The molecule has 3 rings (SSSR count). The lowest BCUT2D eigenvalue weighted by atomic mass is 10.1. The Balaban J connectivity index is 1.82. The molecule has 0 heterocycles. The second kappa shape index (κ2) is 5.45. The lowest BCUT2D eigenvalue weighted by Crippen LogP contribution is -2.20. The molecule has 2 aromatic rings. The summed E-state index contributed by atoms with van der Waals surface area (Å²) in [5, 5.41) is 3.28. The van der Waals surface area contributed by atoms with E-state index in [0.717, 1.165) is 31.9 Å². The Hall–Kier alpha value is -1.80. The van der Waals surface area contributed by atoms with Gasteiger partial charge >= 0.3 is 0 Å². The van der Waals surface area contributed by atoms with Crippen molar-refractivity contribution >= 4 is 0 Å². The molecule has 1 aliphatic carbocycles. The number of fused-ring (bicyclic) bond motifs is 3. The average molecular weight is 253 g/mol. The zero-order chi connectivity index (χ0) is 13.1. The molecule has 98 valence electrons. The number of benzene rings is 2. The van der Waals surface area contributed by atoms with Gasteiger partial charge in [0.1, 0.15) is 12.4 Å². The molecule has 0 amide bonds. The van der Waals surface area contributed by atoms with Crippen LogP contribution in [0.1, 0.15) is 18.1 Å². The maximum atomic E-state index is 5.92. The van der Waals surface area contributed by atoms with Crippen LogP contribution in [0.3, 0.4) is 0 Å². The summed E-state index contributed by atoms with van der Waals surface area (Å²) < 4.78 is 5.92. The highest BCUT2D eigenvalue weighted by atomic mass is 16.5. The van der Waals surface area contributed by atoms with E-state index in [1.807, 2.05) is 0 Å². The van der Waals surface area contributed by atoms with Gasteiger partial charge in [-0.25, -0.2) is 0 Å². The van der Waals surface area contributed by atoms with Crippen LogP contribution in [0.4, 0.5) is 0 Å². The Morgan fingerprint density at radius 2 is 1.89 bits per heavy atom. The molecule has 0 aromatic heterocycles. The Bertz CT molecular complexity index is 577. The van der Waals surface area contributed by atoms with Crippen LogP contribution in [-0.4, -0.2) is 19.7 Å². The zero-order valence-electron chi connectivity index (χ0n) is 11.3. The summed E-state index contributed by atoms with van der Waals surface area (Å²) in [7, 11) is 0. The second-order valence-electron chi connectivity index (χ2n) is 4.82. The van der Waals surface area contributed by atoms with Crippen molar-refractivity contribution in [2.75, 3.05) is 19.7 Å². The summed E-state index contributed by atoms with van der Waals surface area (Å²) in [6.07, 6.45) is 0.989. The number of hydrogen-bond acceptors (Lipinski definition) is 2. The van der Waals surface area contributed by atoms with Gasteiger partial charge < -0.3 is 10.1 Å². The molecular formula is C17H19NO. The minimum Gasteiger partial charge on any atom is -0.492 e. The molecule has 0 saturated heterocycles. The molecular weight excluding hydrogens is 234 g/mol. The summed E-state index contributed by atoms with van der Waals surface area (Å²) in [6.45, 7) is 4.71. The van der Waals surface area contributed by atoms with E-state index in [1.165, 1.54) is 22.3 Å². The molecule has 19 heavy (non-hydrogen) atoms. The van der Waals surface area contributed by atoms with Crippen molar-refractivity contribution in [2.24, 2.45) is 0 Å². The van der Waals surface area contributed by atoms with Crippen LogP contribution in [0.25, 0.3) is 11.1 Å². The smallest absolute Gasteiger partial charge is 0.123 e. The lowest BCUT2D eigenvalue weighted by molar-refractivity contribution is 0.313. The predicted molar refractivity (Wildman–Crippen MR) is 78.7 cm³/mol. The standard InChI is InChI=1S/C17H19NO/c1-2-18-10-11-19-17-9-5-8-15-14-7-4-3-6-13(14)12-16(15)17/h3-9,18H,2,10-12H2,1H3. The van der Waals surface area contributed by atoms with E-state index >= 15 is 0 Å². The lowest BCUT2D eigenvalue weighted by Gasteiger charge is -2.11. The van der Waals surface area contributed by atoms with E-state index < -0.39 is 0 Å². The molecule has 0 spiro atoms. The maximum absolute atomic E-state index is 5.92. The molecule has 0 fully saturated rings. The van der Waals surface area contributed by atoms with Gasteiger partial charge in [0, 0.05) is 18.5 Å². The van der Waals surface area contributed by atoms with Crippen LogP contribution < -0.4 is 10.1 Å². The Labute approximate surface area is 114 Å². The van der Waals surface area contributed by atoms with Gasteiger partial charge in [0.2, 0.25) is 0 Å². The van der Waals surface area contributed by atoms with Gasteiger partial charge in [0.15, 0.2) is 0 Å². The molecule has 0 radical (unpaired) electrons. The van der Waals surface area contributed by atoms with E-state index in [1.54, 1.807) is 0 Å². The highest BCUT2D eigenvalue weighted by Crippen LogP contribution is 2.40. The molecule has 0 atom stereocenters. The van der Waals surface area contributed by atoms with Crippen molar-refractivity contribution in [3.05, 3.63) is 53.6 Å². The normalized spacial score (nSPS) is 12.1. The van der Waals surface area contributed by atoms with Gasteiger partial charge in [0.05, 0.1) is 0 Å². The summed E-state index contributed by atoms with van der Waals surface area (Å²) in [4.78, 5) is 0. The Morgan fingerprint density at radius 1 is 1.05 bits per heavy atom. The Morgan fingerprint density at radius 3 is 2.79 bits per heavy atom. The van der Waals surface area contributed by atoms with E-state index in [-0.39, 0.29) is 0 Å². The molecule has 1 N–H and O–H groups in total. The van der Waals surface area contributed by atoms with Crippen LogP contribution in [0.15, 0.2) is 42.5 Å². The summed E-state index contributed by atoms with van der Waals surface area (Å²) >= 11 is 0. The fraction of sp³-hybridized carbons (Fsp3) is 0.294. The van der Waals surface area contributed by atoms with E-state index in [0.29, 0.717) is 0 Å². The van der Waals surface area contributed by atoms with Crippen LogP contribution in [0.5, 0.6) is 5.75 Å². The molecule has 2 nitrogen and oxygen atoms in total. The third kappa shape index (κ3) is 2.36. The quantitative estimate of drug-likeness (QED) is 0.705. The first kappa shape index (κ1) is 12.2. The number of ether oxygens (including phenoxy) is 1. The fourth-order valence-corrected chi connectivity index (χ4v) is 2.67. The first-order chi connectivity index (χ1) is 9.40. The topological polar surface area (TPSA) is 21.3 Å². The second-order valence-corrected chi connectivity index (χ2v) is 4.82. The summed E-state index contributed by atoms with van der Waals surface area (Å²) in [6, 6.07) is 15.0. The van der Waals surface area contributed by atoms with Crippen molar-refractivity contribution < 1.29 is 4.74 Å². The largest absolute Gasteiger partial charge is 0.492 e. The van der Waals surface area contributed by atoms with Gasteiger partial charge in [-0.3, -0.25) is 0 Å². The highest BCUT2D eigenvalue weighted by Gasteiger charge is 2.20. The van der Waals surface area contributed by atoms with Gasteiger partial charge in [-0.2, -0.15) is 0 Å². The third-order valence-electron chi connectivity index (χ3n) is 3.59. The molecule has 2 heteroatoms. The van der Waals surface area contributed by atoms with Gasteiger partial charge in [-0.1, -0.05) is 43.3 Å². The van der Waals surface area contributed by atoms with Crippen molar-refractivity contribution in [2.45, 2.75) is 13.3 Å². The van der Waals surface area contributed by atoms with E-state index in [9.17, 15) is 0 Å². The van der Waals surface area contributed by atoms with Crippen LogP contribution in [0, 0.1) is 0 Å². The number of likely N-dealkylation sites (N-methyl/N-ethyl adjacent to an activating group) is 1. The first-order valence-corrected chi connectivity index (χ1v) is 6.94. The molecule has 1 aliphatic rings. The van der Waals surface area contributed by atoms with Crippen LogP contribution >= 0.6 is 0 Å². The minimum absolute atomic E-state index is 0.723.